The zero-order valence-electron chi connectivity index (χ0n) is 13.6. The van der Waals surface area contributed by atoms with E-state index in [4.69, 9.17) is 13.6 Å². The number of ether oxygens (including phenoxy) is 2. The van der Waals surface area contributed by atoms with Crippen LogP contribution in [0.4, 0.5) is 0 Å². The first-order chi connectivity index (χ1) is 9.82. The van der Waals surface area contributed by atoms with Gasteiger partial charge in [0.1, 0.15) is 12.4 Å². The predicted molar refractivity (Wildman–Crippen MR) is 69.0 cm³/mol. The van der Waals surface area contributed by atoms with Crippen LogP contribution in [0, 0.1) is 6.92 Å². The van der Waals surface area contributed by atoms with E-state index in [1.54, 1.807) is 18.2 Å². The fourth-order valence-electron chi connectivity index (χ4n) is 1.83. The van der Waals surface area contributed by atoms with Crippen molar-refractivity contribution in [1.82, 2.24) is 4.90 Å². The highest BCUT2D eigenvalue weighted by Gasteiger charge is 2.24. The summed E-state index contributed by atoms with van der Waals surface area (Å²) in [5.74, 6) is 0.129. The molecule has 1 aliphatic rings. The average molecular weight is 252 g/mol. The lowest BCUT2D eigenvalue weighted by Gasteiger charge is -2.37. The second-order valence-corrected chi connectivity index (χ2v) is 4.42. The number of nitrogens with zero attached hydrogens (tertiary/aromatic N) is 1. The Balaban J connectivity index is 2.00. The van der Waals surface area contributed by atoms with Crippen molar-refractivity contribution in [3.8, 4) is 5.75 Å². The van der Waals surface area contributed by atoms with Gasteiger partial charge >= 0.3 is 5.97 Å². The van der Waals surface area contributed by atoms with Crippen LogP contribution in [0.1, 0.15) is 26.5 Å². The number of carbonyl (C=O) groups excluding carboxylic acids is 1. The molecule has 1 aromatic carbocycles. The molecule has 0 aliphatic carbocycles. The van der Waals surface area contributed by atoms with E-state index in [9.17, 15) is 4.79 Å². The summed E-state index contributed by atoms with van der Waals surface area (Å²) in [5, 5.41) is 0. The van der Waals surface area contributed by atoms with Crippen molar-refractivity contribution >= 4 is 5.97 Å². The largest absolute Gasteiger partial charge is 0.492 e. The first-order valence-electron chi connectivity index (χ1n) is 7.41. The maximum Gasteiger partial charge on any atom is 0.338 e. The van der Waals surface area contributed by atoms with E-state index in [1.807, 2.05) is 6.92 Å². The number of hydrogen-bond donors (Lipinski definition) is 0. The van der Waals surface area contributed by atoms with Gasteiger partial charge in [0.2, 0.25) is 0 Å². The first kappa shape index (κ1) is 9.39. The maximum absolute atomic E-state index is 11.6. The smallest absolute Gasteiger partial charge is 0.338 e. The molecular weight excluding hydrogens is 230 g/mol. The molecule has 0 saturated carbocycles. The molecule has 0 unspecified atom stereocenters. The van der Waals surface area contributed by atoms with Gasteiger partial charge in [-0.1, -0.05) is 6.07 Å². The van der Waals surface area contributed by atoms with Crippen LogP contribution in [0.2, 0.25) is 0 Å². The molecule has 1 atom stereocenters. The van der Waals surface area contributed by atoms with Gasteiger partial charge in [-0.15, -0.1) is 0 Å². The maximum atomic E-state index is 11.6. The van der Waals surface area contributed by atoms with Gasteiger partial charge in [0.05, 0.1) is 12.7 Å². The van der Waals surface area contributed by atoms with E-state index in [0.29, 0.717) is 24.5 Å². The number of likely N-dealkylation sites (N-methyl/N-ethyl adjacent to an activating group) is 1. The minimum absolute atomic E-state index is 0.111. The molecule has 0 amide bonds. The van der Waals surface area contributed by atoms with Crippen LogP contribution in [-0.4, -0.2) is 44.1 Å². The van der Waals surface area contributed by atoms with Crippen molar-refractivity contribution in [3.63, 3.8) is 0 Å². The summed E-state index contributed by atoms with van der Waals surface area (Å²) in [7, 11) is 1.33. The number of esters is 1. The second kappa shape index (κ2) is 5.40. The molecule has 18 heavy (non-hydrogen) atoms. The highest BCUT2D eigenvalue weighted by atomic mass is 16.5. The zero-order valence-corrected chi connectivity index (χ0v) is 10.6. The molecule has 4 nitrogen and oxygen atoms in total. The monoisotopic (exact) mass is 252 g/mol. The molecular formula is C14H19NO3. The predicted octanol–water partition coefficient (Wildman–Crippen LogP) is 1.86. The van der Waals surface area contributed by atoms with Crippen LogP contribution >= 0.6 is 0 Å². The number of methoxy groups -OCH3 is 1. The number of aryl methyl sites for hydroxylation is 1. The third-order valence-electron chi connectivity index (χ3n) is 3.20. The molecule has 1 aromatic rings. The number of rotatable bonds is 4. The first-order valence-corrected chi connectivity index (χ1v) is 5.91. The Bertz CT molecular complexity index is 531. The summed E-state index contributed by atoms with van der Waals surface area (Å²) in [6.45, 7) is 0.600. The summed E-state index contributed by atoms with van der Waals surface area (Å²) in [6, 6.07) is 5.06. The van der Waals surface area contributed by atoms with Gasteiger partial charge in [0.15, 0.2) is 0 Å². The van der Waals surface area contributed by atoms with Crippen LogP contribution < -0.4 is 4.74 Å². The standard InChI is InChI=1S/C14H19NO3/c1-10-4-5-12(8-13(10)14(16)17-3)18-9-11-6-7-15(11)2/h4-5,8,11H,6-7,9H2,1-3H3/t11-/m0/s1/i2D3. The van der Waals surface area contributed by atoms with Gasteiger partial charge in [-0.05, 0) is 44.6 Å². The lowest BCUT2D eigenvalue weighted by molar-refractivity contribution is 0.0597. The summed E-state index contributed by atoms with van der Waals surface area (Å²) in [5.41, 5.74) is 1.26. The van der Waals surface area contributed by atoms with Gasteiger partial charge in [0, 0.05) is 10.2 Å². The summed E-state index contributed by atoms with van der Waals surface area (Å²) < 4.78 is 32.5. The van der Waals surface area contributed by atoms with Gasteiger partial charge < -0.3 is 9.47 Å². The minimum Gasteiger partial charge on any atom is -0.492 e. The van der Waals surface area contributed by atoms with Crippen molar-refractivity contribution in [2.24, 2.45) is 0 Å². The lowest BCUT2D eigenvalue weighted by atomic mass is 10.1. The zero-order chi connectivity index (χ0) is 15.6. The normalized spacial score (nSPS) is 22.3. The summed E-state index contributed by atoms with van der Waals surface area (Å²) >= 11 is 0. The Kier molecular flexibility index (Phi) is 2.81. The van der Waals surface area contributed by atoms with E-state index in [1.165, 1.54) is 12.0 Å². The number of likely N-dealkylation sites (tertiary alicyclic amines) is 1. The summed E-state index contributed by atoms with van der Waals surface area (Å²) in [6.07, 6.45) is 0.800. The molecule has 98 valence electrons. The molecule has 4 heteroatoms. The van der Waals surface area contributed by atoms with E-state index in [0.717, 1.165) is 12.0 Å². The Hall–Kier alpha value is -1.55. The topological polar surface area (TPSA) is 38.8 Å². The quantitative estimate of drug-likeness (QED) is 0.767. The molecule has 0 radical (unpaired) electrons. The minimum atomic E-state index is -2.07. The number of hydrogen-bond acceptors (Lipinski definition) is 4. The highest BCUT2D eigenvalue weighted by Crippen LogP contribution is 2.20. The molecule has 0 spiro atoms. The Morgan fingerprint density at radius 3 is 3.06 bits per heavy atom. The molecule has 0 bridgehead atoms. The van der Waals surface area contributed by atoms with Gasteiger partial charge in [0.25, 0.3) is 0 Å². The third-order valence-corrected chi connectivity index (χ3v) is 3.20. The van der Waals surface area contributed by atoms with Crippen LogP contribution in [0.25, 0.3) is 0 Å². The van der Waals surface area contributed by atoms with Crippen LogP contribution in [0.3, 0.4) is 0 Å². The third kappa shape index (κ3) is 2.64. The van der Waals surface area contributed by atoms with E-state index in [2.05, 4.69) is 0 Å². The number of benzene rings is 1. The van der Waals surface area contributed by atoms with Crippen LogP contribution in [0.15, 0.2) is 18.2 Å². The highest BCUT2D eigenvalue weighted by molar-refractivity contribution is 5.91. The molecule has 1 aliphatic heterocycles. The number of carbonyl (C=O) groups is 1. The van der Waals surface area contributed by atoms with Gasteiger partial charge in [-0.25, -0.2) is 4.79 Å². The Labute approximate surface area is 112 Å². The second-order valence-electron chi connectivity index (χ2n) is 4.42. The van der Waals surface area contributed by atoms with Crippen molar-refractivity contribution in [3.05, 3.63) is 29.3 Å². The van der Waals surface area contributed by atoms with Crippen molar-refractivity contribution < 1.29 is 18.4 Å². The molecule has 1 heterocycles. The molecule has 1 saturated heterocycles. The van der Waals surface area contributed by atoms with Crippen molar-refractivity contribution in [1.29, 1.82) is 0 Å². The van der Waals surface area contributed by atoms with Gasteiger partial charge in [-0.3, -0.25) is 4.90 Å². The van der Waals surface area contributed by atoms with Crippen LogP contribution in [0.5, 0.6) is 5.75 Å². The Morgan fingerprint density at radius 1 is 1.61 bits per heavy atom. The SMILES string of the molecule is [2H]C([2H])([2H])N1CC[C@H]1COc1ccc(C)c(C(=O)OC)c1. The Morgan fingerprint density at radius 2 is 2.44 bits per heavy atom. The van der Waals surface area contributed by atoms with Crippen molar-refractivity contribution in [2.75, 3.05) is 27.2 Å². The lowest BCUT2D eigenvalue weighted by Crippen LogP contribution is -2.48. The fourth-order valence-corrected chi connectivity index (χ4v) is 1.83. The van der Waals surface area contributed by atoms with Gasteiger partial charge in [-0.2, -0.15) is 0 Å². The fraction of sp³-hybridized carbons (Fsp3) is 0.500. The molecule has 0 aromatic heterocycles. The molecule has 2 rings (SSSR count). The van der Waals surface area contributed by atoms with Crippen molar-refractivity contribution in [2.45, 2.75) is 19.4 Å². The van der Waals surface area contributed by atoms with E-state index >= 15 is 0 Å². The van der Waals surface area contributed by atoms with E-state index < -0.39 is 12.9 Å². The van der Waals surface area contributed by atoms with Crippen LogP contribution in [-0.2, 0) is 4.74 Å². The molecule has 0 N–H and O–H groups in total. The molecule has 1 fully saturated rings. The van der Waals surface area contributed by atoms with E-state index in [-0.39, 0.29) is 6.04 Å². The average Bonchev–Trinajstić information content (AvgIpc) is 2.36. The summed E-state index contributed by atoms with van der Waals surface area (Å²) in [4.78, 5) is 13.1.